The third-order valence-corrected chi connectivity index (χ3v) is 3.30. The molecule has 0 aliphatic carbocycles. The Kier molecular flexibility index (Phi) is 4.48. The van der Waals surface area contributed by atoms with Crippen LogP contribution < -0.4 is 4.74 Å². The molecule has 3 nitrogen and oxygen atoms in total. The summed E-state index contributed by atoms with van der Waals surface area (Å²) in [5.41, 5.74) is 2.70. The molecule has 0 fully saturated rings. The van der Waals surface area contributed by atoms with Crippen LogP contribution in [0.3, 0.4) is 0 Å². The van der Waals surface area contributed by atoms with Crippen molar-refractivity contribution < 1.29 is 9.47 Å². The summed E-state index contributed by atoms with van der Waals surface area (Å²) in [5.74, 6) is 1.51. The third kappa shape index (κ3) is 2.67. The minimum atomic E-state index is -0.193. The lowest BCUT2D eigenvalue weighted by Gasteiger charge is -2.28. The summed E-state index contributed by atoms with van der Waals surface area (Å²) in [6.07, 6.45) is 3.43. The molecule has 1 aliphatic rings. The first-order valence-corrected chi connectivity index (χ1v) is 6.76. The summed E-state index contributed by atoms with van der Waals surface area (Å²) in [6.45, 7) is 2.62. The zero-order valence-corrected chi connectivity index (χ0v) is 11.2. The molecule has 5 heteroatoms. The second-order valence-electron chi connectivity index (χ2n) is 3.95. The van der Waals surface area contributed by atoms with E-state index in [9.17, 15) is 0 Å². The van der Waals surface area contributed by atoms with E-state index in [4.69, 9.17) is 32.7 Å². The molecule has 2 heterocycles. The van der Waals surface area contributed by atoms with Gasteiger partial charge in [-0.05, 0) is 5.56 Å². The van der Waals surface area contributed by atoms with E-state index in [-0.39, 0.29) is 6.29 Å². The van der Waals surface area contributed by atoms with Gasteiger partial charge in [-0.15, -0.1) is 23.2 Å². The molecule has 17 heavy (non-hydrogen) atoms. The van der Waals surface area contributed by atoms with Gasteiger partial charge < -0.3 is 9.47 Å². The molecular weight excluding hydrogens is 261 g/mol. The van der Waals surface area contributed by atoms with E-state index in [1.165, 1.54) is 0 Å². The van der Waals surface area contributed by atoms with Crippen LogP contribution in [0.5, 0.6) is 5.75 Å². The maximum atomic E-state index is 5.87. The Morgan fingerprint density at radius 2 is 2.24 bits per heavy atom. The van der Waals surface area contributed by atoms with Gasteiger partial charge in [-0.25, -0.2) is 0 Å². The van der Waals surface area contributed by atoms with E-state index in [1.54, 1.807) is 6.20 Å². The fraction of sp³-hybridized carbons (Fsp3) is 0.583. The highest BCUT2D eigenvalue weighted by atomic mass is 35.5. The second kappa shape index (κ2) is 5.89. The van der Waals surface area contributed by atoms with Gasteiger partial charge in [0.05, 0.1) is 18.2 Å². The average molecular weight is 276 g/mol. The van der Waals surface area contributed by atoms with Gasteiger partial charge in [0.25, 0.3) is 0 Å². The zero-order chi connectivity index (χ0) is 12.3. The Hall–Kier alpha value is -0.510. The largest absolute Gasteiger partial charge is 0.463 e. The predicted octanol–water partition coefficient (Wildman–Crippen LogP) is 3.59. The van der Waals surface area contributed by atoms with Crippen molar-refractivity contribution in [1.82, 2.24) is 4.98 Å². The monoisotopic (exact) mass is 275 g/mol. The standard InChI is InChI=1S/C12H15Cl2NO2/c1-2-3-11-16-7-9-8(4-13)6-15-10(5-14)12(9)17-11/h6,11H,2-5,7H2,1H3. The molecule has 0 saturated carbocycles. The van der Waals surface area contributed by atoms with Crippen molar-refractivity contribution in [2.24, 2.45) is 0 Å². The molecule has 0 amide bonds. The summed E-state index contributed by atoms with van der Waals surface area (Å²) in [4.78, 5) is 4.28. The van der Waals surface area contributed by atoms with E-state index in [0.29, 0.717) is 18.4 Å². The highest BCUT2D eigenvalue weighted by Crippen LogP contribution is 2.34. The van der Waals surface area contributed by atoms with E-state index < -0.39 is 0 Å². The molecule has 0 aromatic carbocycles. The molecule has 1 atom stereocenters. The molecule has 0 saturated heterocycles. The van der Waals surface area contributed by atoms with Crippen LogP contribution in [0, 0.1) is 0 Å². The lowest BCUT2D eigenvalue weighted by molar-refractivity contribution is -0.112. The SMILES string of the molecule is CCCC1OCc2c(CCl)cnc(CCl)c2O1. The maximum Gasteiger partial charge on any atom is 0.200 e. The molecule has 0 spiro atoms. The number of hydrogen-bond donors (Lipinski definition) is 0. The van der Waals surface area contributed by atoms with Gasteiger partial charge in [0, 0.05) is 24.1 Å². The lowest BCUT2D eigenvalue weighted by Crippen LogP contribution is -2.27. The third-order valence-electron chi connectivity index (χ3n) is 2.76. The first-order valence-electron chi connectivity index (χ1n) is 5.70. The molecule has 1 unspecified atom stereocenters. The van der Waals surface area contributed by atoms with Crippen molar-refractivity contribution in [3.63, 3.8) is 0 Å². The van der Waals surface area contributed by atoms with Crippen LogP contribution in [-0.2, 0) is 23.1 Å². The van der Waals surface area contributed by atoms with E-state index in [0.717, 1.165) is 35.4 Å². The summed E-state index contributed by atoms with van der Waals surface area (Å²) in [7, 11) is 0. The quantitative estimate of drug-likeness (QED) is 0.787. The summed E-state index contributed by atoms with van der Waals surface area (Å²) in [5, 5.41) is 0. The Morgan fingerprint density at radius 3 is 2.88 bits per heavy atom. The van der Waals surface area contributed by atoms with Crippen LogP contribution in [0.15, 0.2) is 6.20 Å². The van der Waals surface area contributed by atoms with Crippen LogP contribution in [-0.4, -0.2) is 11.3 Å². The highest BCUT2D eigenvalue weighted by molar-refractivity contribution is 6.17. The highest BCUT2D eigenvalue weighted by Gasteiger charge is 2.24. The molecule has 1 aliphatic heterocycles. The fourth-order valence-electron chi connectivity index (χ4n) is 1.84. The van der Waals surface area contributed by atoms with Gasteiger partial charge in [-0.3, -0.25) is 4.98 Å². The smallest absolute Gasteiger partial charge is 0.200 e. The number of rotatable bonds is 4. The summed E-state index contributed by atoms with van der Waals surface area (Å²) >= 11 is 11.7. The van der Waals surface area contributed by atoms with Crippen molar-refractivity contribution in [2.45, 2.75) is 44.4 Å². The Balaban J connectivity index is 2.33. The molecular formula is C12H15Cl2NO2. The van der Waals surface area contributed by atoms with Crippen molar-refractivity contribution in [3.05, 3.63) is 23.0 Å². The van der Waals surface area contributed by atoms with Gasteiger partial charge in [-0.2, -0.15) is 0 Å². The number of pyridine rings is 1. The number of fused-ring (bicyclic) bond motifs is 1. The predicted molar refractivity (Wildman–Crippen MR) is 67.5 cm³/mol. The van der Waals surface area contributed by atoms with Gasteiger partial charge >= 0.3 is 0 Å². The number of alkyl halides is 2. The number of aromatic nitrogens is 1. The Labute approximate surface area is 111 Å². The van der Waals surface area contributed by atoms with Crippen LogP contribution >= 0.6 is 23.2 Å². The van der Waals surface area contributed by atoms with Gasteiger partial charge in [0.15, 0.2) is 12.0 Å². The van der Waals surface area contributed by atoms with Crippen LogP contribution in [0.4, 0.5) is 0 Å². The van der Waals surface area contributed by atoms with Gasteiger partial charge in [0.2, 0.25) is 0 Å². The maximum absolute atomic E-state index is 5.87. The van der Waals surface area contributed by atoms with Crippen LogP contribution in [0.2, 0.25) is 0 Å². The van der Waals surface area contributed by atoms with Gasteiger partial charge in [0.1, 0.15) is 0 Å². The first-order chi connectivity index (χ1) is 8.30. The molecule has 0 bridgehead atoms. The van der Waals surface area contributed by atoms with Crippen LogP contribution in [0.1, 0.15) is 36.6 Å². The van der Waals surface area contributed by atoms with Crippen LogP contribution in [0.25, 0.3) is 0 Å². The molecule has 94 valence electrons. The minimum absolute atomic E-state index is 0.193. The molecule has 0 radical (unpaired) electrons. The van der Waals surface area contributed by atoms with E-state index in [1.807, 2.05) is 0 Å². The number of halogens is 2. The Morgan fingerprint density at radius 1 is 1.41 bits per heavy atom. The molecule has 1 aromatic heterocycles. The van der Waals surface area contributed by atoms with Crippen molar-refractivity contribution in [3.8, 4) is 5.75 Å². The Bertz CT molecular complexity index is 398. The minimum Gasteiger partial charge on any atom is -0.463 e. The summed E-state index contributed by atoms with van der Waals surface area (Å²) in [6, 6.07) is 0. The van der Waals surface area contributed by atoms with Crippen molar-refractivity contribution >= 4 is 23.2 Å². The summed E-state index contributed by atoms with van der Waals surface area (Å²) < 4.78 is 11.4. The fourth-order valence-corrected chi connectivity index (χ4v) is 2.26. The number of hydrogen-bond acceptors (Lipinski definition) is 3. The zero-order valence-electron chi connectivity index (χ0n) is 9.71. The topological polar surface area (TPSA) is 31.4 Å². The van der Waals surface area contributed by atoms with Gasteiger partial charge in [-0.1, -0.05) is 13.3 Å². The van der Waals surface area contributed by atoms with E-state index in [2.05, 4.69) is 11.9 Å². The molecule has 1 aromatic rings. The van der Waals surface area contributed by atoms with E-state index >= 15 is 0 Å². The number of ether oxygens (including phenoxy) is 2. The average Bonchev–Trinajstić information content (AvgIpc) is 2.37. The molecule has 0 N–H and O–H groups in total. The number of nitrogens with zero attached hydrogens (tertiary/aromatic N) is 1. The van der Waals surface area contributed by atoms with Crippen molar-refractivity contribution in [2.75, 3.05) is 0 Å². The first kappa shape index (κ1) is 12.9. The molecule has 2 rings (SSSR count). The van der Waals surface area contributed by atoms with Crippen molar-refractivity contribution in [1.29, 1.82) is 0 Å². The second-order valence-corrected chi connectivity index (χ2v) is 4.49. The normalized spacial score (nSPS) is 18.6. The lowest BCUT2D eigenvalue weighted by atomic mass is 10.1.